The summed E-state index contributed by atoms with van der Waals surface area (Å²) >= 11 is 0. The summed E-state index contributed by atoms with van der Waals surface area (Å²) in [4.78, 5) is 13.1. The second kappa shape index (κ2) is 9.69. The van der Waals surface area contributed by atoms with Crippen LogP contribution in [0.3, 0.4) is 0 Å². The molecular formula is C22H27NO5. The van der Waals surface area contributed by atoms with Crippen molar-refractivity contribution in [1.29, 1.82) is 0 Å². The fraction of sp³-hybridized carbons (Fsp3) is 0.318. The zero-order valence-electron chi connectivity index (χ0n) is 17.0. The highest BCUT2D eigenvalue weighted by atomic mass is 16.5. The third-order valence-electron chi connectivity index (χ3n) is 4.29. The Morgan fingerprint density at radius 3 is 2.32 bits per heavy atom. The number of hydrogen-bond acceptors (Lipinski definition) is 6. The van der Waals surface area contributed by atoms with E-state index in [1.165, 1.54) is 0 Å². The molecule has 2 rings (SSSR count). The summed E-state index contributed by atoms with van der Waals surface area (Å²) in [5.74, 6) is 2.08. The van der Waals surface area contributed by atoms with Crippen LogP contribution in [0.25, 0.3) is 6.08 Å². The molecule has 0 saturated heterocycles. The van der Waals surface area contributed by atoms with E-state index in [-0.39, 0.29) is 5.78 Å². The van der Waals surface area contributed by atoms with E-state index in [0.29, 0.717) is 58.4 Å². The van der Waals surface area contributed by atoms with Gasteiger partial charge >= 0.3 is 0 Å². The Morgan fingerprint density at radius 1 is 1.00 bits per heavy atom. The fourth-order valence-electron chi connectivity index (χ4n) is 2.85. The molecule has 0 radical (unpaired) electrons. The van der Waals surface area contributed by atoms with Gasteiger partial charge in [0.25, 0.3) is 0 Å². The molecule has 2 N–H and O–H groups in total. The van der Waals surface area contributed by atoms with Gasteiger partial charge in [0.15, 0.2) is 17.3 Å². The molecule has 0 atom stereocenters. The maximum Gasteiger partial charge on any atom is 0.189 e. The third kappa shape index (κ3) is 4.57. The van der Waals surface area contributed by atoms with Crippen LogP contribution in [0, 0.1) is 0 Å². The summed E-state index contributed by atoms with van der Waals surface area (Å²) in [6, 6.07) is 8.60. The van der Waals surface area contributed by atoms with Gasteiger partial charge in [0.2, 0.25) is 0 Å². The van der Waals surface area contributed by atoms with Crippen LogP contribution in [-0.2, 0) is 0 Å². The number of carbonyl (C=O) groups is 1. The largest absolute Gasteiger partial charge is 0.497 e. The second-order valence-electron chi connectivity index (χ2n) is 5.99. The van der Waals surface area contributed by atoms with Crippen molar-refractivity contribution in [1.82, 2.24) is 0 Å². The van der Waals surface area contributed by atoms with Crippen molar-refractivity contribution in [2.75, 3.05) is 33.7 Å². The SMILES string of the molecule is CCOc1cc(C(=O)/C(=C/c2cc(OC)cc(OC)c2OC)CC)ccc1N. The molecule has 0 aromatic heterocycles. The molecule has 0 spiro atoms. The van der Waals surface area contributed by atoms with E-state index >= 15 is 0 Å². The number of ether oxygens (including phenoxy) is 4. The lowest BCUT2D eigenvalue weighted by molar-refractivity contribution is 0.103. The molecule has 2 aromatic carbocycles. The summed E-state index contributed by atoms with van der Waals surface area (Å²) in [6.07, 6.45) is 2.33. The summed E-state index contributed by atoms with van der Waals surface area (Å²) in [7, 11) is 4.69. The van der Waals surface area contributed by atoms with Crippen LogP contribution in [-0.4, -0.2) is 33.7 Å². The highest BCUT2D eigenvalue weighted by molar-refractivity contribution is 6.11. The Balaban J connectivity index is 2.51. The molecule has 6 heteroatoms. The van der Waals surface area contributed by atoms with Gasteiger partial charge in [0.1, 0.15) is 11.5 Å². The van der Waals surface area contributed by atoms with Crippen molar-refractivity contribution in [3.63, 3.8) is 0 Å². The number of ketones is 1. The molecular weight excluding hydrogens is 358 g/mol. The average molecular weight is 385 g/mol. The Morgan fingerprint density at radius 2 is 1.75 bits per heavy atom. The maximum atomic E-state index is 13.1. The molecule has 0 aliphatic carbocycles. The quantitative estimate of drug-likeness (QED) is 0.392. The van der Waals surface area contributed by atoms with E-state index in [1.54, 1.807) is 57.7 Å². The molecule has 6 nitrogen and oxygen atoms in total. The van der Waals surface area contributed by atoms with E-state index < -0.39 is 0 Å². The van der Waals surface area contributed by atoms with Gasteiger partial charge in [-0.2, -0.15) is 0 Å². The van der Waals surface area contributed by atoms with E-state index in [1.807, 2.05) is 13.8 Å². The molecule has 28 heavy (non-hydrogen) atoms. The minimum absolute atomic E-state index is 0.104. The number of methoxy groups -OCH3 is 3. The van der Waals surface area contributed by atoms with E-state index in [9.17, 15) is 4.79 Å². The lowest BCUT2D eigenvalue weighted by atomic mass is 9.98. The van der Waals surface area contributed by atoms with Gasteiger partial charge in [-0.05, 0) is 43.7 Å². The molecule has 0 unspecified atom stereocenters. The number of benzene rings is 2. The molecule has 0 heterocycles. The molecule has 150 valence electrons. The second-order valence-corrected chi connectivity index (χ2v) is 5.99. The van der Waals surface area contributed by atoms with Gasteiger partial charge in [-0.3, -0.25) is 4.79 Å². The van der Waals surface area contributed by atoms with Crippen LogP contribution < -0.4 is 24.7 Å². The molecule has 0 aliphatic rings. The lowest BCUT2D eigenvalue weighted by Crippen LogP contribution is -2.05. The predicted molar refractivity (Wildman–Crippen MR) is 111 cm³/mol. The van der Waals surface area contributed by atoms with Gasteiger partial charge < -0.3 is 24.7 Å². The first-order valence-corrected chi connectivity index (χ1v) is 9.06. The van der Waals surface area contributed by atoms with E-state index in [2.05, 4.69) is 0 Å². The summed E-state index contributed by atoms with van der Waals surface area (Å²) in [5, 5.41) is 0. The van der Waals surface area contributed by atoms with Crippen LogP contribution in [0.4, 0.5) is 5.69 Å². The van der Waals surface area contributed by atoms with Crippen LogP contribution in [0.15, 0.2) is 35.9 Å². The van der Waals surface area contributed by atoms with Crippen molar-refractivity contribution in [3.05, 3.63) is 47.0 Å². The van der Waals surface area contributed by atoms with Crippen LogP contribution in [0.5, 0.6) is 23.0 Å². The molecule has 0 aliphatic heterocycles. The van der Waals surface area contributed by atoms with Crippen LogP contribution >= 0.6 is 0 Å². The average Bonchev–Trinajstić information content (AvgIpc) is 2.72. The Labute approximate surface area is 165 Å². The number of rotatable bonds is 9. The van der Waals surface area contributed by atoms with Crippen molar-refractivity contribution < 1.29 is 23.7 Å². The number of hydrogen-bond donors (Lipinski definition) is 1. The first-order valence-electron chi connectivity index (χ1n) is 9.06. The minimum atomic E-state index is -0.104. The van der Waals surface area contributed by atoms with Crippen molar-refractivity contribution in [3.8, 4) is 23.0 Å². The number of anilines is 1. The standard InChI is InChI=1S/C22H27NO5/c1-6-14(21(24)15-8-9-18(23)19(12-15)28-7-2)10-16-11-17(25-3)13-20(26-4)22(16)27-5/h8-13H,6-7,23H2,1-5H3/b14-10+. The number of carbonyl (C=O) groups excluding carboxylic acids is 1. The molecule has 0 bridgehead atoms. The minimum Gasteiger partial charge on any atom is -0.497 e. The summed E-state index contributed by atoms with van der Waals surface area (Å²) in [6.45, 7) is 4.27. The van der Waals surface area contributed by atoms with Gasteiger partial charge in [-0.25, -0.2) is 0 Å². The number of Topliss-reactive ketones (excluding diaryl/α,β-unsaturated/α-hetero) is 1. The Kier molecular flexibility index (Phi) is 7.32. The van der Waals surface area contributed by atoms with Crippen molar-refractivity contribution in [2.45, 2.75) is 20.3 Å². The van der Waals surface area contributed by atoms with Gasteiger partial charge in [-0.1, -0.05) is 6.92 Å². The zero-order valence-corrected chi connectivity index (χ0v) is 17.0. The zero-order chi connectivity index (χ0) is 20.7. The lowest BCUT2D eigenvalue weighted by Gasteiger charge is -2.14. The predicted octanol–water partition coefficient (Wildman–Crippen LogP) is 4.37. The molecule has 0 fully saturated rings. The van der Waals surface area contributed by atoms with E-state index in [0.717, 1.165) is 0 Å². The molecule has 0 amide bonds. The fourth-order valence-corrected chi connectivity index (χ4v) is 2.85. The summed E-state index contributed by atoms with van der Waals surface area (Å²) in [5.41, 5.74) is 8.24. The number of nitrogens with two attached hydrogens (primary N) is 1. The van der Waals surface area contributed by atoms with Crippen molar-refractivity contribution in [2.24, 2.45) is 0 Å². The topological polar surface area (TPSA) is 80.0 Å². The Bertz CT molecular complexity index is 873. The highest BCUT2D eigenvalue weighted by Crippen LogP contribution is 2.37. The first kappa shape index (κ1) is 21.2. The summed E-state index contributed by atoms with van der Waals surface area (Å²) < 4.78 is 21.7. The van der Waals surface area contributed by atoms with Crippen molar-refractivity contribution >= 4 is 17.5 Å². The Hall–Kier alpha value is -3.15. The highest BCUT2D eigenvalue weighted by Gasteiger charge is 2.17. The smallest absolute Gasteiger partial charge is 0.189 e. The monoisotopic (exact) mass is 385 g/mol. The van der Waals surface area contributed by atoms with Gasteiger partial charge in [0.05, 0.1) is 33.6 Å². The van der Waals surface area contributed by atoms with E-state index in [4.69, 9.17) is 24.7 Å². The number of allylic oxidation sites excluding steroid dienone is 1. The third-order valence-corrected chi connectivity index (χ3v) is 4.29. The first-order chi connectivity index (χ1) is 13.5. The maximum absolute atomic E-state index is 13.1. The van der Waals surface area contributed by atoms with Crippen LogP contribution in [0.1, 0.15) is 36.2 Å². The van der Waals surface area contributed by atoms with Gasteiger partial charge in [-0.15, -0.1) is 0 Å². The van der Waals surface area contributed by atoms with Crippen LogP contribution in [0.2, 0.25) is 0 Å². The number of nitrogen functional groups attached to an aromatic ring is 1. The van der Waals surface area contributed by atoms with Gasteiger partial charge in [0, 0.05) is 22.8 Å². The molecule has 0 saturated carbocycles. The molecule has 2 aromatic rings. The normalized spacial score (nSPS) is 11.1.